The molecule has 1 heterocycles. The van der Waals surface area contributed by atoms with E-state index in [1.54, 1.807) is 0 Å². The van der Waals surface area contributed by atoms with E-state index in [4.69, 9.17) is 0 Å². The number of hydrogen-bond donors (Lipinski definition) is 0. The van der Waals surface area contributed by atoms with Gasteiger partial charge in [0.1, 0.15) is 0 Å². The lowest BCUT2D eigenvalue weighted by Crippen LogP contribution is -1.79. The SMILES string of the molecule is [c]1s[c]c(-c2ccccc2)c1-c1ccccc1. The summed E-state index contributed by atoms with van der Waals surface area (Å²) in [6.07, 6.45) is 0. The molecule has 0 bridgehead atoms. The highest BCUT2D eigenvalue weighted by Crippen LogP contribution is 2.33. The van der Waals surface area contributed by atoms with Crippen molar-refractivity contribution in [3.63, 3.8) is 0 Å². The Kier molecular flexibility index (Phi) is 2.76. The van der Waals surface area contributed by atoms with E-state index in [-0.39, 0.29) is 0 Å². The zero-order valence-electron chi connectivity index (χ0n) is 9.18. The van der Waals surface area contributed by atoms with E-state index in [9.17, 15) is 0 Å². The predicted molar refractivity (Wildman–Crippen MR) is 72.9 cm³/mol. The fourth-order valence-corrected chi connectivity index (χ4v) is 2.54. The molecule has 0 nitrogen and oxygen atoms in total. The molecule has 0 amide bonds. The standard InChI is InChI=1S/C16H10S/c1-3-7-13(8-4-1)15-11-17-12-16(15)14-9-5-2-6-10-14/h1-10H. The van der Waals surface area contributed by atoms with E-state index in [0.29, 0.717) is 0 Å². The average molecular weight is 234 g/mol. The van der Waals surface area contributed by atoms with Gasteiger partial charge in [-0.2, -0.15) is 0 Å². The van der Waals surface area contributed by atoms with Gasteiger partial charge < -0.3 is 0 Å². The average Bonchev–Trinajstić information content (AvgIpc) is 2.90. The largest absolute Gasteiger partial charge is 0.132 e. The number of thiophene rings is 1. The molecule has 0 N–H and O–H groups in total. The third-order valence-corrected chi connectivity index (χ3v) is 3.29. The summed E-state index contributed by atoms with van der Waals surface area (Å²) < 4.78 is 0. The first-order valence-electron chi connectivity index (χ1n) is 5.48. The molecule has 17 heavy (non-hydrogen) atoms. The lowest BCUT2D eigenvalue weighted by Gasteiger charge is -2.03. The Bertz CT molecular complexity index is 540. The molecule has 0 atom stereocenters. The Hall–Kier alpha value is -1.86. The predicted octanol–water partition coefficient (Wildman–Crippen LogP) is 4.68. The lowest BCUT2D eigenvalue weighted by molar-refractivity contribution is 1.63. The topological polar surface area (TPSA) is 0 Å². The van der Waals surface area contributed by atoms with Gasteiger partial charge in [-0.15, -0.1) is 11.3 Å². The van der Waals surface area contributed by atoms with Gasteiger partial charge in [0.25, 0.3) is 0 Å². The van der Waals surface area contributed by atoms with E-state index < -0.39 is 0 Å². The van der Waals surface area contributed by atoms with Crippen molar-refractivity contribution < 1.29 is 0 Å². The molecule has 0 spiro atoms. The molecule has 0 saturated carbocycles. The Morgan fingerprint density at radius 1 is 0.588 bits per heavy atom. The van der Waals surface area contributed by atoms with Gasteiger partial charge in [-0.25, -0.2) is 0 Å². The fourth-order valence-electron chi connectivity index (χ4n) is 1.85. The van der Waals surface area contributed by atoms with E-state index in [1.165, 1.54) is 22.5 Å². The minimum absolute atomic E-state index is 1.14. The van der Waals surface area contributed by atoms with Gasteiger partial charge in [0.15, 0.2) is 0 Å². The van der Waals surface area contributed by atoms with Crippen molar-refractivity contribution >= 4 is 11.3 Å². The zero-order chi connectivity index (χ0) is 11.5. The Labute approximate surface area is 105 Å². The third-order valence-electron chi connectivity index (χ3n) is 2.68. The van der Waals surface area contributed by atoms with Gasteiger partial charge in [-0.3, -0.25) is 0 Å². The van der Waals surface area contributed by atoms with Gasteiger partial charge in [0.05, 0.1) is 10.8 Å². The molecule has 3 rings (SSSR count). The van der Waals surface area contributed by atoms with E-state index in [2.05, 4.69) is 59.3 Å². The van der Waals surface area contributed by atoms with Crippen LogP contribution in [0.3, 0.4) is 0 Å². The summed E-state index contributed by atoms with van der Waals surface area (Å²) in [6, 6.07) is 20.7. The van der Waals surface area contributed by atoms with Gasteiger partial charge >= 0.3 is 0 Å². The second-order valence-electron chi connectivity index (χ2n) is 3.79. The number of rotatable bonds is 2. The first-order valence-corrected chi connectivity index (χ1v) is 6.30. The number of benzene rings is 2. The Balaban J connectivity index is 2.13. The van der Waals surface area contributed by atoms with Crippen LogP contribution in [0.1, 0.15) is 0 Å². The van der Waals surface area contributed by atoms with Crippen LogP contribution in [0.4, 0.5) is 0 Å². The van der Waals surface area contributed by atoms with Crippen molar-refractivity contribution in [1.82, 2.24) is 0 Å². The molecule has 2 radical (unpaired) electrons. The third kappa shape index (κ3) is 2.02. The van der Waals surface area contributed by atoms with Crippen molar-refractivity contribution in [2.45, 2.75) is 0 Å². The van der Waals surface area contributed by atoms with Gasteiger partial charge in [-0.05, 0) is 11.1 Å². The molecule has 0 aliphatic carbocycles. The quantitative estimate of drug-likeness (QED) is 0.604. The highest BCUT2D eigenvalue weighted by Gasteiger charge is 2.08. The summed E-state index contributed by atoms with van der Waals surface area (Å²) >= 11 is 1.51. The van der Waals surface area contributed by atoms with Gasteiger partial charge in [0, 0.05) is 11.1 Å². The lowest BCUT2D eigenvalue weighted by atomic mass is 9.99. The van der Waals surface area contributed by atoms with Crippen LogP contribution in [0.25, 0.3) is 22.3 Å². The van der Waals surface area contributed by atoms with Crippen LogP contribution in [-0.2, 0) is 0 Å². The molecule has 3 aromatic rings. The van der Waals surface area contributed by atoms with Crippen molar-refractivity contribution in [2.24, 2.45) is 0 Å². The maximum absolute atomic E-state index is 3.31. The van der Waals surface area contributed by atoms with Crippen LogP contribution in [-0.4, -0.2) is 0 Å². The fraction of sp³-hybridized carbons (Fsp3) is 0. The van der Waals surface area contributed by atoms with Crippen LogP contribution < -0.4 is 0 Å². The maximum atomic E-state index is 3.31. The molecule has 0 aliphatic rings. The molecular weight excluding hydrogens is 224 g/mol. The first kappa shape index (κ1) is 10.3. The molecule has 0 aliphatic heterocycles. The van der Waals surface area contributed by atoms with Crippen LogP contribution in [0.2, 0.25) is 0 Å². The minimum Gasteiger partial charge on any atom is -0.132 e. The van der Waals surface area contributed by atoms with Gasteiger partial charge in [-0.1, -0.05) is 60.7 Å². The summed E-state index contributed by atoms with van der Waals surface area (Å²) in [5, 5.41) is 6.61. The van der Waals surface area contributed by atoms with E-state index in [0.717, 1.165) is 11.1 Å². The van der Waals surface area contributed by atoms with Crippen LogP contribution in [0, 0.1) is 10.8 Å². The van der Waals surface area contributed by atoms with E-state index >= 15 is 0 Å². The van der Waals surface area contributed by atoms with Crippen molar-refractivity contribution in [1.29, 1.82) is 0 Å². The molecule has 80 valence electrons. The second kappa shape index (κ2) is 4.56. The Morgan fingerprint density at radius 2 is 1.00 bits per heavy atom. The molecule has 0 fully saturated rings. The van der Waals surface area contributed by atoms with Gasteiger partial charge in [0.2, 0.25) is 0 Å². The van der Waals surface area contributed by atoms with Crippen molar-refractivity contribution in [3.05, 3.63) is 71.4 Å². The maximum Gasteiger partial charge on any atom is 0.0541 e. The monoisotopic (exact) mass is 234 g/mol. The molecular formula is C16H10S. The van der Waals surface area contributed by atoms with E-state index in [1.807, 2.05) is 12.1 Å². The van der Waals surface area contributed by atoms with Crippen molar-refractivity contribution in [3.8, 4) is 22.3 Å². The molecule has 1 aromatic heterocycles. The second-order valence-corrected chi connectivity index (χ2v) is 4.40. The van der Waals surface area contributed by atoms with Crippen molar-refractivity contribution in [2.75, 3.05) is 0 Å². The smallest absolute Gasteiger partial charge is 0.0541 e. The summed E-state index contributed by atoms with van der Waals surface area (Å²) in [4.78, 5) is 0. The highest BCUT2D eigenvalue weighted by atomic mass is 32.1. The molecule has 0 saturated heterocycles. The highest BCUT2D eigenvalue weighted by molar-refractivity contribution is 7.07. The normalized spacial score (nSPS) is 10.4. The Morgan fingerprint density at radius 3 is 1.41 bits per heavy atom. The van der Waals surface area contributed by atoms with Crippen LogP contribution in [0.5, 0.6) is 0 Å². The zero-order valence-corrected chi connectivity index (χ0v) is 10.00. The summed E-state index contributed by atoms with van der Waals surface area (Å²) in [7, 11) is 0. The molecule has 1 heteroatoms. The number of hydrogen-bond acceptors (Lipinski definition) is 1. The van der Waals surface area contributed by atoms with Crippen LogP contribution >= 0.6 is 11.3 Å². The minimum atomic E-state index is 1.14. The van der Waals surface area contributed by atoms with Crippen LogP contribution in [0.15, 0.2) is 60.7 Å². The summed E-state index contributed by atoms with van der Waals surface area (Å²) in [5.41, 5.74) is 4.68. The summed E-state index contributed by atoms with van der Waals surface area (Å²) in [6.45, 7) is 0. The summed E-state index contributed by atoms with van der Waals surface area (Å²) in [5.74, 6) is 0. The first-order chi connectivity index (χ1) is 8.45. The molecule has 2 aromatic carbocycles. The molecule has 0 unspecified atom stereocenters.